The molecular formula is C17H23N3O3. The van der Waals surface area contributed by atoms with Crippen molar-refractivity contribution in [1.29, 1.82) is 0 Å². The Hall–Kier alpha value is -1.95. The second-order valence-corrected chi connectivity index (χ2v) is 7.40. The molecule has 6 nitrogen and oxygen atoms in total. The Balaban J connectivity index is 2.08. The summed E-state index contributed by atoms with van der Waals surface area (Å²) >= 11 is 0. The number of rotatable bonds is 5. The highest BCUT2D eigenvalue weighted by Gasteiger charge is 2.29. The molecule has 2 N–H and O–H groups in total. The van der Waals surface area contributed by atoms with E-state index in [1.54, 1.807) is 0 Å². The number of carbonyl (C=O) groups excluding carboxylic acids is 1. The third-order valence-electron chi connectivity index (χ3n) is 3.87. The highest BCUT2D eigenvalue weighted by molar-refractivity contribution is 6.06. The molecule has 0 unspecified atom stereocenters. The Labute approximate surface area is 135 Å². The van der Waals surface area contributed by atoms with Crippen LogP contribution in [-0.4, -0.2) is 34.3 Å². The largest absolute Gasteiger partial charge is 0.395 e. The molecule has 1 saturated carbocycles. The molecule has 2 heterocycles. The van der Waals surface area contributed by atoms with E-state index in [1.165, 1.54) is 0 Å². The van der Waals surface area contributed by atoms with Crippen molar-refractivity contribution in [3.05, 3.63) is 23.0 Å². The summed E-state index contributed by atoms with van der Waals surface area (Å²) in [5.41, 5.74) is 2.66. The molecule has 2 aromatic rings. The first-order valence-electron chi connectivity index (χ1n) is 8.07. The summed E-state index contributed by atoms with van der Waals surface area (Å²) in [6.45, 7) is 6.48. The fraction of sp³-hybridized carbons (Fsp3) is 0.588. The smallest absolute Gasteiger partial charge is 0.259 e. The van der Waals surface area contributed by atoms with Crippen molar-refractivity contribution in [2.45, 2.75) is 46.0 Å². The number of nitrogens with one attached hydrogen (secondary N) is 1. The average molecular weight is 317 g/mol. The van der Waals surface area contributed by atoms with Gasteiger partial charge in [-0.15, -0.1) is 0 Å². The molecule has 6 heteroatoms. The molecule has 2 aromatic heterocycles. The van der Waals surface area contributed by atoms with E-state index in [2.05, 4.69) is 36.2 Å². The van der Waals surface area contributed by atoms with Crippen LogP contribution < -0.4 is 5.32 Å². The molecule has 1 fully saturated rings. The maximum absolute atomic E-state index is 12.5. The number of fused-ring (bicyclic) bond motifs is 1. The minimum absolute atomic E-state index is 0.0256. The Morgan fingerprint density at radius 3 is 2.78 bits per heavy atom. The summed E-state index contributed by atoms with van der Waals surface area (Å²) in [7, 11) is 0. The van der Waals surface area contributed by atoms with Crippen molar-refractivity contribution in [1.82, 2.24) is 15.5 Å². The van der Waals surface area contributed by atoms with Gasteiger partial charge in [0, 0.05) is 18.2 Å². The lowest BCUT2D eigenvalue weighted by molar-refractivity contribution is 0.0946. The number of aromatic nitrogens is 2. The van der Waals surface area contributed by atoms with Gasteiger partial charge in [-0.3, -0.25) is 4.79 Å². The number of pyridine rings is 1. The molecule has 0 bridgehead atoms. The number of hydrogen-bond donors (Lipinski definition) is 2. The SMILES string of the molecule is CC(C)(C)Cc1noc2nc(C3CC3)cc(C(=O)NCCO)c12. The fourth-order valence-corrected chi connectivity index (χ4v) is 2.68. The Morgan fingerprint density at radius 2 is 2.17 bits per heavy atom. The van der Waals surface area contributed by atoms with Crippen molar-refractivity contribution in [2.24, 2.45) is 5.41 Å². The van der Waals surface area contributed by atoms with Crippen molar-refractivity contribution in [3.63, 3.8) is 0 Å². The number of hydrogen-bond acceptors (Lipinski definition) is 5. The highest BCUT2D eigenvalue weighted by atomic mass is 16.5. The summed E-state index contributed by atoms with van der Waals surface area (Å²) < 4.78 is 5.42. The number of aliphatic hydroxyl groups excluding tert-OH is 1. The van der Waals surface area contributed by atoms with Crippen molar-refractivity contribution in [3.8, 4) is 0 Å². The number of carbonyl (C=O) groups is 1. The van der Waals surface area contributed by atoms with E-state index in [0.29, 0.717) is 29.0 Å². The fourth-order valence-electron chi connectivity index (χ4n) is 2.68. The zero-order valence-corrected chi connectivity index (χ0v) is 13.8. The minimum atomic E-state index is -0.216. The van der Waals surface area contributed by atoms with Crippen molar-refractivity contribution < 1.29 is 14.4 Å². The van der Waals surface area contributed by atoms with E-state index < -0.39 is 0 Å². The first-order valence-corrected chi connectivity index (χ1v) is 8.07. The molecule has 0 spiro atoms. The quantitative estimate of drug-likeness (QED) is 0.884. The summed E-state index contributed by atoms with van der Waals surface area (Å²) in [5, 5.41) is 16.5. The molecule has 0 radical (unpaired) electrons. The van der Waals surface area contributed by atoms with Crippen LogP contribution in [0.2, 0.25) is 0 Å². The van der Waals surface area contributed by atoms with Gasteiger partial charge in [-0.2, -0.15) is 0 Å². The van der Waals surface area contributed by atoms with Gasteiger partial charge in [-0.25, -0.2) is 4.98 Å². The van der Waals surface area contributed by atoms with Gasteiger partial charge in [-0.1, -0.05) is 25.9 Å². The van der Waals surface area contributed by atoms with Crippen molar-refractivity contribution in [2.75, 3.05) is 13.2 Å². The van der Waals surface area contributed by atoms with Gasteiger partial charge >= 0.3 is 0 Å². The summed E-state index contributed by atoms with van der Waals surface area (Å²) in [6, 6.07) is 1.86. The number of amides is 1. The third kappa shape index (κ3) is 3.52. The second-order valence-electron chi connectivity index (χ2n) is 7.40. The van der Waals surface area contributed by atoms with Gasteiger partial charge in [0.25, 0.3) is 11.6 Å². The van der Waals surface area contributed by atoms with Crippen LogP contribution in [0.3, 0.4) is 0 Å². The van der Waals surface area contributed by atoms with E-state index in [0.717, 1.165) is 24.2 Å². The number of aliphatic hydroxyl groups is 1. The Morgan fingerprint density at radius 1 is 1.43 bits per heavy atom. The van der Waals surface area contributed by atoms with Gasteiger partial charge in [-0.05, 0) is 30.7 Å². The highest BCUT2D eigenvalue weighted by Crippen LogP contribution is 2.40. The van der Waals surface area contributed by atoms with Gasteiger partial charge in [0.15, 0.2) is 0 Å². The second kappa shape index (κ2) is 5.92. The van der Waals surface area contributed by atoms with Gasteiger partial charge in [0.2, 0.25) is 0 Å². The van der Waals surface area contributed by atoms with Crippen LogP contribution in [0.5, 0.6) is 0 Å². The Kier molecular flexibility index (Phi) is 4.10. The van der Waals surface area contributed by atoms with Gasteiger partial charge in [0.1, 0.15) is 0 Å². The molecule has 1 aliphatic carbocycles. The normalized spacial score (nSPS) is 15.1. The summed E-state index contributed by atoms with van der Waals surface area (Å²) in [6.07, 6.45) is 2.89. The first kappa shape index (κ1) is 15.9. The molecule has 23 heavy (non-hydrogen) atoms. The molecule has 1 amide bonds. The van der Waals surface area contributed by atoms with E-state index in [4.69, 9.17) is 9.63 Å². The molecule has 0 saturated heterocycles. The molecule has 3 rings (SSSR count). The Bertz CT molecular complexity index is 726. The average Bonchev–Trinajstić information content (AvgIpc) is 3.26. The zero-order valence-electron chi connectivity index (χ0n) is 13.8. The van der Waals surface area contributed by atoms with Crippen LogP contribution in [0.4, 0.5) is 0 Å². The maximum Gasteiger partial charge on any atom is 0.259 e. The molecule has 0 aromatic carbocycles. The van der Waals surface area contributed by atoms with Crippen LogP contribution >= 0.6 is 0 Å². The molecule has 1 aliphatic rings. The third-order valence-corrected chi connectivity index (χ3v) is 3.87. The van der Waals surface area contributed by atoms with E-state index in [1.807, 2.05) is 6.07 Å². The standard InChI is InChI=1S/C17H23N3O3/c1-17(2,3)9-13-14-11(15(22)18-6-7-21)8-12(10-4-5-10)19-16(14)23-20-13/h8,10,21H,4-7,9H2,1-3H3,(H,18,22). The van der Waals surface area contributed by atoms with Crippen LogP contribution in [0.25, 0.3) is 11.1 Å². The van der Waals surface area contributed by atoms with Crippen LogP contribution in [0.1, 0.15) is 61.3 Å². The number of nitrogens with zero attached hydrogens (tertiary/aromatic N) is 2. The molecular weight excluding hydrogens is 294 g/mol. The molecule has 124 valence electrons. The molecule has 0 atom stereocenters. The topological polar surface area (TPSA) is 88.2 Å². The zero-order chi connectivity index (χ0) is 16.6. The van der Waals surface area contributed by atoms with E-state index in [9.17, 15) is 4.79 Å². The summed E-state index contributed by atoms with van der Waals surface area (Å²) in [5.74, 6) is 0.201. The predicted molar refractivity (Wildman–Crippen MR) is 86.4 cm³/mol. The van der Waals surface area contributed by atoms with Crippen LogP contribution in [0, 0.1) is 5.41 Å². The van der Waals surface area contributed by atoms with Gasteiger partial charge < -0.3 is 14.9 Å². The van der Waals surface area contributed by atoms with E-state index >= 15 is 0 Å². The monoisotopic (exact) mass is 317 g/mol. The molecule has 0 aliphatic heterocycles. The van der Waals surface area contributed by atoms with Crippen molar-refractivity contribution >= 4 is 17.0 Å². The lowest BCUT2D eigenvalue weighted by Crippen LogP contribution is -2.27. The predicted octanol–water partition coefficient (Wildman–Crippen LogP) is 2.41. The lowest BCUT2D eigenvalue weighted by Gasteiger charge is -2.16. The minimum Gasteiger partial charge on any atom is -0.395 e. The maximum atomic E-state index is 12.5. The van der Waals surface area contributed by atoms with Crippen LogP contribution in [-0.2, 0) is 6.42 Å². The lowest BCUT2D eigenvalue weighted by atomic mass is 9.89. The first-order chi connectivity index (χ1) is 10.9. The summed E-state index contributed by atoms with van der Waals surface area (Å²) in [4.78, 5) is 17.1. The van der Waals surface area contributed by atoms with Crippen LogP contribution in [0.15, 0.2) is 10.6 Å². The van der Waals surface area contributed by atoms with Gasteiger partial charge in [0.05, 0.1) is 23.3 Å². The van der Waals surface area contributed by atoms with E-state index in [-0.39, 0.29) is 24.5 Å².